The van der Waals surface area contributed by atoms with E-state index >= 15 is 0 Å². The molecule has 1 fully saturated rings. The molecule has 3 aromatic rings. The molecule has 0 amide bonds. The lowest BCUT2D eigenvalue weighted by molar-refractivity contribution is -0.136. The fraction of sp³-hybridized carbons (Fsp3) is 0.450. The molecule has 2 heterocycles. The van der Waals surface area contributed by atoms with Crippen LogP contribution in [0.5, 0.6) is 0 Å². The number of hydrogen-bond acceptors (Lipinski definition) is 4. The summed E-state index contributed by atoms with van der Waals surface area (Å²) in [5.74, 6) is 1.55. The lowest BCUT2D eigenvalue weighted by Gasteiger charge is -2.15. The number of fused-ring (bicyclic) bond motifs is 1. The Bertz CT molecular complexity index is 1030. The molecule has 0 radical (unpaired) electrons. The van der Waals surface area contributed by atoms with E-state index in [1.54, 1.807) is 13.1 Å². The van der Waals surface area contributed by atoms with Crippen molar-refractivity contribution >= 4 is 28.9 Å². The molecule has 0 unspecified atom stereocenters. The van der Waals surface area contributed by atoms with Gasteiger partial charge in [-0.05, 0) is 43.9 Å². The van der Waals surface area contributed by atoms with Gasteiger partial charge < -0.3 is 5.32 Å². The molecule has 0 spiro atoms. The molecule has 1 aliphatic rings. The van der Waals surface area contributed by atoms with Crippen molar-refractivity contribution in [1.82, 2.24) is 19.6 Å². The minimum Gasteiger partial charge on any atom is -0.323 e. The summed E-state index contributed by atoms with van der Waals surface area (Å²) in [5.41, 5.74) is 0.597. The number of anilines is 2. The van der Waals surface area contributed by atoms with Gasteiger partial charge in [0.2, 0.25) is 5.95 Å². The molecule has 0 aliphatic heterocycles. The maximum Gasteiger partial charge on any atom is 0.418 e. The number of nitrogens with zero attached hydrogens (tertiary/aromatic N) is 4. The summed E-state index contributed by atoms with van der Waals surface area (Å²) < 4.78 is 41.7. The minimum absolute atomic E-state index is 0.0134. The number of rotatable bonds is 7. The normalized spacial score (nSPS) is 14.5. The average molecular weight is 424 g/mol. The Hall–Kier alpha value is -2.35. The predicted octanol–water partition coefficient (Wildman–Crippen LogP) is 5.97. The van der Waals surface area contributed by atoms with E-state index in [0.29, 0.717) is 11.5 Å². The van der Waals surface area contributed by atoms with Gasteiger partial charge in [0.05, 0.1) is 17.4 Å². The van der Waals surface area contributed by atoms with Gasteiger partial charge in [0.25, 0.3) is 0 Å². The van der Waals surface area contributed by atoms with Crippen LogP contribution in [-0.2, 0) is 12.6 Å². The zero-order valence-corrected chi connectivity index (χ0v) is 16.7. The van der Waals surface area contributed by atoms with Crippen molar-refractivity contribution < 1.29 is 13.2 Å². The van der Waals surface area contributed by atoms with Gasteiger partial charge >= 0.3 is 6.18 Å². The molecular weight excluding hydrogens is 403 g/mol. The predicted molar refractivity (Wildman–Crippen MR) is 106 cm³/mol. The number of unbranched alkanes of at least 4 members (excludes halogenated alkanes) is 1. The smallest absolute Gasteiger partial charge is 0.323 e. The summed E-state index contributed by atoms with van der Waals surface area (Å²) in [5, 5.41) is 7.09. The van der Waals surface area contributed by atoms with Crippen LogP contribution in [0, 0.1) is 12.8 Å². The van der Waals surface area contributed by atoms with Crippen molar-refractivity contribution in [2.24, 2.45) is 5.92 Å². The lowest BCUT2D eigenvalue weighted by atomic mass is 10.1. The van der Waals surface area contributed by atoms with Crippen molar-refractivity contribution in [2.75, 3.05) is 5.32 Å². The van der Waals surface area contributed by atoms with E-state index in [-0.39, 0.29) is 16.7 Å². The molecule has 1 N–H and O–H groups in total. The van der Waals surface area contributed by atoms with Gasteiger partial charge in [-0.3, -0.25) is 0 Å². The molecule has 5 nitrogen and oxygen atoms in total. The van der Waals surface area contributed by atoms with E-state index in [9.17, 15) is 13.2 Å². The van der Waals surface area contributed by atoms with E-state index in [2.05, 4.69) is 20.4 Å². The number of halogens is 4. The molecule has 29 heavy (non-hydrogen) atoms. The van der Waals surface area contributed by atoms with Gasteiger partial charge in [-0.15, -0.1) is 0 Å². The van der Waals surface area contributed by atoms with Crippen LogP contribution in [0.15, 0.2) is 24.4 Å². The Labute approximate surface area is 171 Å². The van der Waals surface area contributed by atoms with E-state index < -0.39 is 11.7 Å². The molecule has 0 saturated heterocycles. The SMILES string of the molecule is Cc1nc(Nc2ccc(Cl)cc2C(F)(F)F)n2ncc(CCCCC3CC3)c2n1. The van der Waals surface area contributed by atoms with E-state index in [0.717, 1.165) is 36.8 Å². The van der Waals surface area contributed by atoms with Crippen LogP contribution >= 0.6 is 11.6 Å². The third-order valence-corrected chi connectivity index (χ3v) is 5.33. The van der Waals surface area contributed by atoms with Gasteiger partial charge in [-0.2, -0.15) is 27.8 Å². The number of aryl methyl sites for hydroxylation is 2. The second-order valence-electron chi connectivity index (χ2n) is 7.50. The molecule has 154 valence electrons. The topological polar surface area (TPSA) is 55.1 Å². The molecule has 1 saturated carbocycles. The number of hydrogen-bond donors (Lipinski definition) is 1. The van der Waals surface area contributed by atoms with E-state index in [1.807, 2.05) is 0 Å². The highest BCUT2D eigenvalue weighted by atomic mass is 35.5. The first-order valence-electron chi connectivity index (χ1n) is 9.66. The van der Waals surface area contributed by atoms with Crippen molar-refractivity contribution in [3.63, 3.8) is 0 Å². The maximum atomic E-state index is 13.4. The van der Waals surface area contributed by atoms with Crippen LogP contribution in [0.2, 0.25) is 5.02 Å². The highest BCUT2D eigenvalue weighted by Gasteiger charge is 2.34. The first-order valence-corrected chi connectivity index (χ1v) is 10.0. The van der Waals surface area contributed by atoms with Gasteiger partial charge in [-0.1, -0.05) is 37.3 Å². The molecule has 4 rings (SSSR count). The van der Waals surface area contributed by atoms with Crippen LogP contribution in [0.4, 0.5) is 24.8 Å². The fourth-order valence-corrected chi connectivity index (χ4v) is 3.59. The Morgan fingerprint density at radius 2 is 2.00 bits per heavy atom. The number of benzene rings is 1. The molecule has 9 heteroatoms. The van der Waals surface area contributed by atoms with E-state index in [4.69, 9.17) is 11.6 Å². The zero-order chi connectivity index (χ0) is 20.6. The molecule has 1 aliphatic carbocycles. The van der Waals surface area contributed by atoms with Crippen molar-refractivity contribution in [1.29, 1.82) is 0 Å². The Kier molecular flexibility index (Phi) is 5.38. The summed E-state index contributed by atoms with van der Waals surface area (Å²) in [7, 11) is 0. The average Bonchev–Trinajstić information content (AvgIpc) is 3.39. The highest BCUT2D eigenvalue weighted by molar-refractivity contribution is 6.30. The summed E-state index contributed by atoms with van der Waals surface area (Å²) in [4.78, 5) is 8.72. The number of nitrogens with one attached hydrogen (secondary N) is 1. The maximum absolute atomic E-state index is 13.4. The molecular formula is C20H21ClF3N5. The van der Waals surface area contributed by atoms with Crippen molar-refractivity contribution in [3.05, 3.63) is 46.4 Å². The fourth-order valence-electron chi connectivity index (χ4n) is 3.42. The number of aromatic nitrogens is 4. The van der Waals surface area contributed by atoms with Crippen molar-refractivity contribution in [3.8, 4) is 0 Å². The molecule has 2 aromatic heterocycles. The monoisotopic (exact) mass is 423 g/mol. The van der Waals surface area contributed by atoms with Gasteiger partial charge in [0.15, 0.2) is 5.65 Å². The lowest BCUT2D eigenvalue weighted by Crippen LogP contribution is -2.12. The molecule has 0 bridgehead atoms. The van der Waals surface area contributed by atoms with E-state index in [1.165, 1.54) is 35.9 Å². The van der Waals surface area contributed by atoms with Crippen LogP contribution < -0.4 is 5.32 Å². The molecule has 0 atom stereocenters. The van der Waals surface area contributed by atoms with Crippen LogP contribution in [-0.4, -0.2) is 19.6 Å². The Morgan fingerprint density at radius 1 is 1.21 bits per heavy atom. The third kappa shape index (κ3) is 4.63. The summed E-state index contributed by atoms with van der Waals surface area (Å²) in [6.45, 7) is 1.71. The van der Waals surface area contributed by atoms with Gasteiger partial charge in [-0.25, -0.2) is 4.98 Å². The second kappa shape index (κ2) is 7.82. The Morgan fingerprint density at radius 3 is 2.72 bits per heavy atom. The third-order valence-electron chi connectivity index (χ3n) is 5.09. The van der Waals surface area contributed by atoms with Crippen LogP contribution in [0.25, 0.3) is 5.65 Å². The summed E-state index contributed by atoms with van der Waals surface area (Å²) in [6, 6.07) is 3.58. The largest absolute Gasteiger partial charge is 0.418 e. The first-order chi connectivity index (χ1) is 13.8. The summed E-state index contributed by atoms with van der Waals surface area (Å²) >= 11 is 5.76. The highest BCUT2D eigenvalue weighted by Crippen LogP contribution is 2.37. The van der Waals surface area contributed by atoms with Crippen LogP contribution in [0.3, 0.4) is 0 Å². The molecule has 1 aromatic carbocycles. The van der Waals surface area contributed by atoms with Crippen LogP contribution in [0.1, 0.15) is 49.1 Å². The minimum atomic E-state index is -4.55. The zero-order valence-electron chi connectivity index (χ0n) is 15.9. The summed E-state index contributed by atoms with van der Waals surface area (Å²) in [6.07, 6.45) is 4.17. The van der Waals surface area contributed by atoms with Gasteiger partial charge in [0.1, 0.15) is 5.82 Å². The number of alkyl halides is 3. The van der Waals surface area contributed by atoms with Gasteiger partial charge in [0, 0.05) is 10.6 Å². The Balaban J connectivity index is 1.61. The standard InChI is InChI=1S/C20H21ClF3N5/c1-12-26-18-14(5-3-2-4-13-6-7-13)11-25-29(18)19(27-12)28-17-9-8-15(21)10-16(17)20(22,23)24/h8-11,13H,2-7H2,1H3,(H,26,27,28). The first kappa shape index (κ1) is 19.9. The van der Waals surface area contributed by atoms with Crippen molar-refractivity contribution in [2.45, 2.75) is 51.6 Å². The quantitative estimate of drug-likeness (QED) is 0.475. The second-order valence-corrected chi connectivity index (χ2v) is 7.94.